The Bertz CT molecular complexity index is 697. The standard InChI is InChI=1S/C20H25BrClNO3/c1-2-25-19-11-16(13-23-8-3-4-9-24)18(21)12-20(19)26-14-15-6-5-7-17(22)10-15/h5-7,10-12,23-24H,2-4,8-9,13-14H2,1H3. The lowest BCUT2D eigenvalue weighted by Crippen LogP contribution is -2.15. The van der Waals surface area contributed by atoms with Gasteiger partial charge in [-0.15, -0.1) is 0 Å². The fourth-order valence-corrected chi connectivity index (χ4v) is 3.14. The van der Waals surface area contributed by atoms with Gasteiger partial charge >= 0.3 is 0 Å². The Labute approximate surface area is 168 Å². The number of aliphatic hydroxyl groups is 1. The molecule has 0 atom stereocenters. The molecule has 2 rings (SSSR count). The molecule has 4 nitrogen and oxygen atoms in total. The van der Waals surface area contributed by atoms with E-state index >= 15 is 0 Å². The van der Waals surface area contributed by atoms with Gasteiger partial charge in [-0.3, -0.25) is 0 Å². The molecule has 0 radical (unpaired) electrons. The zero-order valence-electron chi connectivity index (χ0n) is 14.9. The topological polar surface area (TPSA) is 50.7 Å². The van der Waals surface area contributed by atoms with Crippen LogP contribution in [-0.2, 0) is 13.2 Å². The first kappa shape index (κ1) is 21.0. The first-order valence-corrected chi connectivity index (χ1v) is 9.95. The molecule has 0 heterocycles. The van der Waals surface area contributed by atoms with Gasteiger partial charge in [-0.1, -0.05) is 39.7 Å². The predicted octanol–water partition coefficient (Wildman–Crippen LogP) is 4.94. The van der Waals surface area contributed by atoms with Crippen LogP contribution in [0.4, 0.5) is 0 Å². The Morgan fingerprint density at radius 2 is 1.92 bits per heavy atom. The third-order valence-corrected chi connectivity index (χ3v) is 4.75. The highest BCUT2D eigenvalue weighted by Crippen LogP contribution is 2.34. The second kappa shape index (κ2) is 11.4. The highest BCUT2D eigenvalue weighted by Gasteiger charge is 2.11. The molecular weight excluding hydrogens is 418 g/mol. The third-order valence-electron chi connectivity index (χ3n) is 3.77. The Hall–Kier alpha value is -1.27. The summed E-state index contributed by atoms with van der Waals surface area (Å²) in [5.74, 6) is 1.42. The molecular formula is C20H25BrClNO3. The number of nitrogens with one attached hydrogen (secondary N) is 1. The molecule has 26 heavy (non-hydrogen) atoms. The fourth-order valence-electron chi connectivity index (χ4n) is 2.47. The van der Waals surface area contributed by atoms with Crippen LogP contribution in [0.1, 0.15) is 30.9 Å². The average molecular weight is 443 g/mol. The maximum Gasteiger partial charge on any atom is 0.162 e. The molecule has 0 saturated carbocycles. The van der Waals surface area contributed by atoms with E-state index in [4.69, 9.17) is 26.2 Å². The molecule has 0 aliphatic heterocycles. The molecule has 0 aliphatic rings. The number of hydrogen-bond donors (Lipinski definition) is 2. The van der Waals surface area contributed by atoms with E-state index < -0.39 is 0 Å². The van der Waals surface area contributed by atoms with Crippen molar-refractivity contribution < 1.29 is 14.6 Å². The van der Waals surface area contributed by atoms with E-state index in [9.17, 15) is 0 Å². The zero-order valence-corrected chi connectivity index (χ0v) is 17.3. The molecule has 142 valence electrons. The molecule has 6 heteroatoms. The van der Waals surface area contributed by atoms with Crippen LogP contribution in [0, 0.1) is 0 Å². The number of hydrogen-bond acceptors (Lipinski definition) is 4. The number of rotatable bonds is 11. The van der Waals surface area contributed by atoms with Crippen molar-refractivity contribution in [2.75, 3.05) is 19.8 Å². The first-order valence-electron chi connectivity index (χ1n) is 8.78. The molecule has 0 bridgehead atoms. The molecule has 0 saturated heterocycles. The molecule has 0 aromatic heterocycles. The van der Waals surface area contributed by atoms with Gasteiger partial charge in [0.1, 0.15) is 6.61 Å². The van der Waals surface area contributed by atoms with E-state index in [0.29, 0.717) is 24.0 Å². The number of aliphatic hydroxyl groups excluding tert-OH is 1. The van der Waals surface area contributed by atoms with Gasteiger partial charge in [0, 0.05) is 22.6 Å². The second-order valence-electron chi connectivity index (χ2n) is 5.85. The molecule has 2 aromatic carbocycles. The lowest BCUT2D eigenvalue weighted by atomic mass is 10.2. The van der Waals surface area contributed by atoms with Gasteiger partial charge in [0.15, 0.2) is 11.5 Å². The molecule has 0 fully saturated rings. The summed E-state index contributed by atoms with van der Waals surface area (Å²) in [4.78, 5) is 0. The van der Waals surface area contributed by atoms with E-state index in [1.54, 1.807) is 0 Å². The smallest absolute Gasteiger partial charge is 0.162 e. The minimum absolute atomic E-state index is 0.235. The van der Waals surface area contributed by atoms with Crippen LogP contribution in [0.3, 0.4) is 0 Å². The molecule has 0 spiro atoms. The van der Waals surface area contributed by atoms with Gasteiger partial charge < -0.3 is 19.9 Å². The second-order valence-corrected chi connectivity index (χ2v) is 7.14. The average Bonchev–Trinajstić information content (AvgIpc) is 2.62. The van der Waals surface area contributed by atoms with Crippen LogP contribution in [0.2, 0.25) is 5.02 Å². The van der Waals surface area contributed by atoms with Crippen molar-refractivity contribution in [3.8, 4) is 11.5 Å². The molecule has 0 amide bonds. The van der Waals surface area contributed by atoms with Crippen molar-refractivity contribution in [2.24, 2.45) is 0 Å². The summed E-state index contributed by atoms with van der Waals surface area (Å²) in [5.41, 5.74) is 2.11. The Morgan fingerprint density at radius 1 is 1.12 bits per heavy atom. The minimum atomic E-state index is 0.235. The Balaban J connectivity index is 2.04. The van der Waals surface area contributed by atoms with Crippen LogP contribution in [0.5, 0.6) is 11.5 Å². The highest BCUT2D eigenvalue weighted by molar-refractivity contribution is 9.10. The van der Waals surface area contributed by atoms with Gasteiger partial charge in [0.25, 0.3) is 0 Å². The Morgan fingerprint density at radius 3 is 2.65 bits per heavy atom. The predicted molar refractivity (Wildman–Crippen MR) is 109 cm³/mol. The first-order chi connectivity index (χ1) is 12.6. The van der Waals surface area contributed by atoms with Crippen molar-refractivity contribution >= 4 is 27.5 Å². The molecule has 0 aliphatic carbocycles. The van der Waals surface area contributed by atoms with E-state index in [-0.39, 0.29) is 6.61 Å². The maximum atomic E-state index is 8.83. The van der Waals surface area contributed by atoms with E-state index in [2.05, 4.69) is 21.2 Å². The molecule has 2 N–H and O–H groups in total. The third kappa shape index (κ3) is 6.80. The van der Waals surface area contributed by atoms with E-state index in [1.807, 2.05) is 43.3 Å². The van der Waals surface area contributed by atoms with Crippen LogP contribution >= 0.6 is 27.5 Å². The lowest BCUT2D eigenvalue weighted by molar-refractivity contribution is 0.269. The van der Waals surface area contributed by atoms with Crippen molar-refractivity contribution in [2.45, 2.75) is 32.9 Å². The summed E-state index contributed by atoms with van der Waals surface area (Å²) in [6.45, 7) is 4.77. The summed E-state index contributed by atoms with van der Waals surface area (Å²) in [7, 11) is 0. The summed E-state index contributed by atoms with van der Waals surface area (Å²) in [6.07, 6.45) is 1.77. The van der Waals surface area contributed by atoms with Crippen molar-refractivity contribution in [3.05, 3.63) is 57.0 Å². The van der Waals surface area contributed by atoms with Crippen molar-refractivity contribution in [3.63, 3.8) is 0 Å². The summed E-state index contributed by atoms with van der Waals surface area (Å²) < 4.78 is 12.7. The quantitative estimate of drug-likeness (QED) is 0.484. The number of halogens is 2. The minimum Gasteiger partial charge on any atom is -0.490 e. The van der Waals surface area contributed by atoms with E-state index in [1.165, 1.54) is 0 Å². The van der Waals surface area contributed by atoms with Gasteiger partial charge in [-0.25, -0.2) is 0 Å². The summed E-state index contributed by atoms with van der Waals surface area (Å²) >= 11 is 9.64. The fraction of sp³-hybridized carbons (Fsp3) is 0.400. The van der Waals surface area contributed by atoms with Gasteiger partial charge in [-0.05, 0) is 61.7 Å². The largest absolute Gasteiger partial charge is 0.490 e. The van der Waals surface area contributed by atoms with Gasteiger partial charge in [0.05, 0.1) is 6.61 Å². The highest BCUT2D eigenvalue weighted by atomic mass is 79.9. The Kier molecular flexibility index (Phi) is 9.26. The van der Waals surface area contributed by atoms with Crippen molar-refractivity contribution in [1.29, 1.82) is 0 Å². The summed E-state index contributed by atoms with van der Waals surface area (Å²) in [6, 6.07) is 11.6. The van der Waals surface area contributed by atoms with Crippen LogP contribution in [0.15, 0.2) is 40.9 Å². The molecule has 0 unspecified atom stereocenters. The SMILES string of the molecule is CCOc1cc(CNCCCCO)c(Br)cc1OCc1cccc(Cl)c1. The van der Waals surface area contributed by atoms with Crippen molar-refractivity contribution in [1.82, 2.24) is 5.32 Å². The molecule has 2 aromatic rings. The maximum absolute atomic E-state index is 8.83. The van der Waals surface area contributed by atoms with E-state index in [0.717, 1.165) is 47.3 Å². The number of benzene rings is 2. The van der Waals surface area contributed by atoms with Crippen LogP contribution in [0.25, 0.3) is 0 Å². The lowest BCUT2D eigenvalue weighted by Gasteiger charge is -2.15. The zero-order chi connectivity index (χ0) is 18.8. The number of ether oxygens (including phenoxy) is 2. The monoisotopic (exact) mass is 441 g/mol. The van der Waals surface area contributed by atoms with Crippen LogP contribution in [-0.4, -0.2) is 24.9 Å². The normalized spacial score (nSPS) is 10.8. The summed E-state index contributed by atoms with van der Waals surface area (Å²) in [5, 5.41) is 12.9. The van der Waals surface area contributed by atoms with Crippen LogP contribution < -0.4 is 14.8 Å². The number of unbranched alkanes of at least 4 members (excludes halogenated alkanes) is 1. The van der Waals surface area contributed by atoms with Gasteiger partial charge in [0.2, 0.25) is 0 Å². The van der Waals surface area contributed by atoms with Gasteiger partial charge in [-0.2, -0.15) is 0 Å².